The Morgan fingerprint density at radius 3 is 2.00 bits per heavy atom. The highest BCUT2D eigenvalue weighted by atomic mass is 16.6. The summed E-state index contributed by atoms with van der Waals surface area (Å²) in [5.41, 5.74) is 3.37. The zero-order chi connectivity index (χ0) is 20.9. The molecule has 0 aromatic heterocycles. The lowest BCUT2D eigenvalue weighted by Crippen LogP contribution is -2.19. The number of carbonyl (C=O) groups is 2. The summed E-state index contributed by atoms with van der Waals surface area (Å²) < 4.78 is 10.2. The number of benzene rings is 1. The Balaban J connectivity index is 3.53. The van der Waals surface area contributed by atoms with Crippen LogP contribution in [0.25, 0.3) is 0 Å². The van der Waals surface area contributed by atoms with E-state index in [1.807, 2.05) is 0 Å². The van der Waals surface area contributed by atoms with Gasteiger partial charge in [-0.2, -0.15) is 0 Å². The minimum atomic E-state index is -1.05. The standard InChI is InChI=1S/C23H36O5/c1-5-8-11-17-16-20(23(26)28-15-14-27-4)21(22(24)25)19(13-10-7-3)18(17)12-9-6-2/h16H,5-15H2,1-4H3,(H,24,25). The third kappa shape index (κ3) is 6.93. The van der Waals surface area contributed by atoms with Crippen molar-refractivity contribution in [2.45, 2.75) is 78.6 Å². The fourth-order valence-corrected chi connectivity index (χ4v) is 3.43. The number of ether oxygens (including phenoxy) is 2. The monoisotopic (exact) mass is 392 g/mol. The van der Waals surface area contributed by atoms with Crippen LogP contribution >= 0.6 is 0 Å². The van der Waals surface area contributed by atoms with Crippen LogP contribution in [0.1, 0.15) is 96.7 Å². The highest BCUT2D eigenvalue weighted by molar-refractivity contribution is 6.04. The molecule has 0 aliphatic rings. The van der Waals surface area contributed by atoms with Gasteiger partial charge in [-0.1, -0.05) is 40.0 Å². The van der Waals surface area contributed by atoms with E-state index in [9.17, 15) is 14.7 Å². The molecule has 0 unspecified atom stereocenters. The number of methoxy groups -OCH3 is 1. The largest absolute Gasteiger partial charge is 0.478 e. The number of hydrogen-bond acceptors (Lipinski definition) is 4. The van der Waals surface area contributed by atoms with Gasteiger partial charge in [-0.25, -0.2) is 9.59 Å². The second kappa shape index (κ2) is 13.3. The number of unbranched alkanes of at least 4 members (excludes halogenated alkanes) is 3. The van der Waals surface area contributed by atoms with E-state index in [2.05, 4.69) is 20.8 Å². The van der Waals surface area contributed by atoms with Crippen molar-refractivity contribution in [3.63, 3.8) is 0 Å². The summed E-state index contributed by atoms with van der Waals surface area (Å²) in [6.07, 6.45) is 8.37. The van der Waals surface area contributed by atoms with Crippen molar-refractivity contribution < 1.29 is 24.2 Å². The number of esters is 1. The topological polar surface area (TPSA) is 72.8 Å². The normalized spacial score (nSPS) is 10.9. The molecule has 1 N–H and O–H groups in total. The Morgan fingerprint density at radius 1 is 0.893 bits per heavy atom. The van der Waals surface area contributed by atoms with Gasteiger partial charge in [-0.05, 0) is 61.3 Å². The minimum absolute atomic E-state index is 0.112. The van der Waals surface area contributed by atoms with E-state index in [4.69, 9.17) is 9.47 Å². The van der Waals surface area contributed by atoms with Gasteiger partial charge < -0.3 is 14.6 Å². The maximum atomic E-state index is 12.7. The van der Waals surface area contributed by atoms with Gasteiger partial charge in [0.2, 0.25) is 0 Å². The highest BCUT2D eigenvalue weighted by Crippen LogP contribution is 2.29. The van der Waals surface area contributed by atoms with Crippen LogP contribution in [-0.2, 0) is 28.7 Å². The highest BCUT2D eigenvalue weighted by Gasteiger charge is 2.26. The zero-order valence-corrected chi connectivity index (χ0v) is 17.9. The lowest BCUT2D eigenvalue weighted by atomic mass is 9.85. The van der Waals surface area contributed by atoms with Gasteiger partial charge >= 0.3 is 11.9 Å². The lowest BCUT2D eigenvalue weighted by molar-refractivity contribution is 0.0381. The van der Waals surface area contributed by atoms with Crippen molar-refractivity contribution in [3.8, 4) is 0 Å². The Labute approximate surface area is 169 Å². The van der Waals surface area contributed by atoms with Gasteiger partial charge in [0.25, 0.3) is 0 Å². The summed E-state index contributed by atoms with van der Waals surface area (Å²) in [6, 6.07) is 1.77. The molecule has 0 spiro atoms. The molecule has 1 aromatic carbocycles. The molecule has 0 saturated heterocycles. The van der Waals surface area contributed by atoms with Crippen molar-refractivity contribution in [1.82, 2.24) is 0 Å². The molecule has 1 aromatic rings. The molecular formula is C23H36O5. The number of aryl methyl sites for hydroxylation is 1. The summed E-state index contributed by atoms with van der Waals surface area (Å²) in [5.74, 6) is -1.63. The van der Waals surface area contributed by atoms with Crippen LogP contribution in [0.2, 0.25) is 0 Å². The quantitative estimate of drug-likeness (QED) is 0.347. The van der Waals surface area contributed by atoms with Crippen molar-refractivity contribution in [1.29, 1.82) is 0 Å². The molecule has 0 saturated carbocycles. The molecule has 5 nitrogen and oxygen atoms in total. The van der Waals surface area contributed by atoms with Crippen molar-refractivity contribution in [2.24, 2.45) is 0 Å². The molecule has 0 radical (unpaired) electrons. The van der Waals surface area contributed by atoms with E-state index in [0.29, 0.717) is 6.42 Å². The SMILES string of the molecule is CCCCc1cc(C(=O)OCCOC)c(C(=O)O)c(CCCC)c1CCCC. The third-order valence-electron chi connectivity index (χ3n) is 4.96. The van der Waals surface area contributed by atoms with Crippen LogP contribution in [0.5, 0.6) is 0 Å². The molecule has 28 heavy (non-hydrogen) atoms. The molecule has 0 aliphatic carbocycles. The number of hydrogen-bond donors (Lipinski definition) is 1. The zero-order valence-electron chi connectivity index (χ0n) is 17.9. The average molecular weight is 393 g/mol. The molecule has 5 heteroatoms. The smallest absolute Gasteiger partial charge is 0.339 e. The van der Waals surface area contributed by atoms with E-state index in [1.165, 1.54) is 7.11 Å². The first-order chi connectivity index (χ1) is 13.5. The molecule has 0 aliphatic heterocycles. The Bertz CT molecular complexity index is 636. The van der Waals surface area contributed by atoms with Gasteiger partial charge in [0.15, 0.2) is 0 Å². The van der Waals surface area contributed by atoms with E-state index < -0.39 is 11.9 Å². The van der Waals surface area contributed by atoms with Crippen LogP contribution in [-0.4, -0.2) is 37.4 Å². The number of carbonyl (C=O) groups excluding carboxylic acids is 1. The number of rotatable bonds is 14. The first-order valence-electron chi connectivity index (χ1n) is 10.6. The maximum Gasteiger partial charge on any atom is 0.339 e. The van der Waals surface area contributed by atoms with E-state index >= 15 is 0 Å². The van der Waals surface area contributed by atoms with Crippen LogP contribution in [0.15, 0.2) is 6.07 Å². The van der Waals surface area contributed by atoms with Crippen molar-refractivity contribution in [2.75, 3.05) is 20.3 Å². The molecular weight excluding hydrogens is 356 g/mol. The van der Waals surface area contributed by atoms with Crippen LogP contribution < -0.4 is 0 Å². The van der Waals surface area contributed by atoms with E-state index in [-0.39, 0.29) is 24.3 Å². The second-order valence-corrected chi connectivity index (χ2v) is 7.16. The molecule has 1 rings (SSSR count). The van der Waals surface area contributed by atoms with Crippen LogP contribution in [0.3, 0.4) is 0 Å². The molecule has 158 valence electrons. The Hall–Kier alpha value is -1.88. The van der Waals surface area contributed by atoms with Gasteiger partial charge in [0.05, 0.1) is 17.7 Å². The minimum Gasteiger partial charge on any atom is -0.478 e. The van der Waals surface area contributed by atoms with Crippen LogP contribution in [0.4, 0.5) is 0 Å². The Morgan fingerprint density at radius 2 is 1.46 bits per heavy atom. The van der Waals surface area contributed by atoms with Crippen molar-refractivity contribution in [3.05, 3.63) is 33.9 Å². The fraction of sp³-hybridized carbons (Fsp3) is 0.652. The molecule has 0 amide bonds. The average Bonchev–Trinajstić information content (AvgIpc) is 2.68. The summed E-state index contributed by atoms with van der Waals surface area (Å²) in [6.45, 7) is 6.76. The summed E-state index contributed by atoms with van der Waals surface area (Å²) in [7, 11) is 1.53. The molecule has 0 heterocycles. The number of carboxylic acids is 1. The summed E-state index contributed by atoms with van der Waals surface area (Å²) in [4.78, 5) is 24.8. The molecule has 0 fully saturated rings. The Kier molecular flexibility index (Phi) is 11.5. The summed E-state index contributed by atoms with van der Waals surface area (Å²) in [5, 5.41) is 9.95. The predicted octanol–water partition coefficient (Wildman–Crippen LogP) is 5.22. The summed E-state index contributed by atoms with van der Waals surface area (Å²) >= 11 is 0. The van der Waals surface area contributed by atoms with Gasteiger partial charge in [-0.3, -0.25) is 0 Å². The predicted molar refractivity (Wildman–Crippen MR) is 111 cm³/mol. The first kappa shape index (κ1) is 24.2. The first-order valence-corrected chi connectivity index (χ1v) is 10.6. The van der Waals surface area contributed by atoms with E-state index in [0.717, 1.165) is 68.1 Å². The maximum absolute atomic E-state index is 12.7. The number of aromatic carboxylic acids is 1. The van der Waals surface area contributed by atoms with Gasteiger partial charge in [-0.15, -0.1) is 0 Å². The second-order valence-electron chi connectivity index (χ2n) is 7.16. The van der Waals surface area contributed by atoms with Crippen molar-refractivity contribution >= 4 is 11.9 Å². The van der Waals surface area contributed by atoms with Gasteiger partial charge in [0, 0.05) is 7.11 Å². The molecule has 0 bridgehead atoms. The molecule has 0 atom stereocenters. The lowest BCUT2D eigenvalue weighted by Gasteiger charge is -2.20. The van der Waals surface area contributed by atoms with Gasteiger partial charge in [0.1, 0.15) is 6.61 Å². The third-order valence-corrected chi connectivity index (χ3v) is 4.96. The fourth-order valence-electron chi connectivity index (χ4n) is 3.43. The number of carboxylic acid groups (broad SMARTS) is 1. The van der Waals surface area contributed by atoms with E-state index in [1.54, 1.807) is 6.07 Å². The van der Waals surface area contributed by atoms with Crippen LogP contribution in [0, 0.1) is 0 Å².